The third-order valence-electron chi connectivity index (χ3n) is 2.24. The molecule has 0 fully saturated rings. The van der Waals surface area contributed by atoms with Crippen molar-refractivity contribution in [3.05, 3.63) is 46.5 Å². The maximum atomic E-state index is 10.8. The lowest BCUT2D eigenvalue weighted by Gasteiger charge is -2.01. The molecule has 2 aromatic rings. The van der Waals surface area contributed by atoms with E-state index in [0.717, 1.165) is 5.69 Å². The van der Waals surface area contributed by atoms with E-state index < -0.39 is 5.97 Å². The number of aromatic carboxylic acids is 1. The van der Waals surface area contributed by atoms with E-state index in [1.54, 1.807) is 29.9 Å². The topological polar surface area (TPSA) is 68.0 Å². The average Bonchev–Trinajstić information content (AvgIpc) is 2.58. The number of nitrogens with zero attached hydrogens (tertiary/aromatic N) is 3. The van der Waals surface area contributed by atoms with Gasteiger partial charge in [-0.2, -0.15) is 5.10 Å². The predicted octanol–water partition coefficient (Wildman–Crippen LogP) is 1.99. The fourth-order valence-electron chi connectivity index (χ4n) is 1.43. The van der Waals surface area contributed by atoms with Gasteiger partial charge in [0.15, 0.2) is 0 Å². The summed E-state index contributed by atoms with van der Waals surface area (Å²) in [4.78, 5) is 14.8. The Morgan fingerprint density at radius 3 is 2.88 bits per heavy atom. The van der Waals surface area contributed by atoms with Gasteiger partial charge < -0.3 is 5.11 Å². The Hall–Kier alpha value is -1.88. The molecule has 0 unspecified atom stereocenters. The molecule has 1 N–H and O–H groups in total. The van der Waals surface area contributed by atoms with Gasteiger partial charge in [0, 0.05) is 6.20 Å². The van der Waals surface area contributed by atoms with Crippen LogP contribution in [0.4, 0.5) is 0 Å². The van der Waals surface area contributed by atoms with Crippen LogP contribution in [0, 0.1) is 6.92 Å². The van der Waals surface area contributed by atoms with Crippen molar-refractivity contribution in [2.45, 2.75) is 13.5 Å². The number of pyridine rings is 1. The van der Waals surface area contributed by atoms with E-state index in [4.69, 9.17) is 16.7 Å². The first-order valence-corrected chi connectivity index (χ1v) is 5.33. The number of rotatable bonds is 3. The number of hydrogen-bond donors (Lipinski definition) is 1. The van der Waals surface area contributed by atoms with Crippen molar-refractivity contribution in [1.82, 2.24) is 14.8 Å². The molecule has 0 bridgehead atoms. The van der Waals surface area contributed by atoms with Gasteiger partial charge in [0.2, 0.25) is 0 Å². The van der Waals surface area contributed by atoms with Gasteiger partial charge in [-0.15, -0.1) is 0 Å². The molecule has 0 aliphatic rings. The Morgan fingerprint density at radius 2 is 2.29 bits per heavy atom. The summed E-state index contributed by atoms with van der Waals surface area (Å²) in [5.41, 5.74) is 1.39. The van der Waals surface area contributed by atoms with Crippen molar-refractivity contribution in [2.24, 2.45) is 0 Å². The summed E-state index contributed by atoms with van der Waals surface area (Å²) in [6, 6.07) is 4.86. The largest absolute Gasteiger partial charge is 0.477 e. The molecule has 2 rings (SSSR count). The van der Waals surface area contributed by atoms with Gasteiger partial charge in [-0.3, -0.25) is 4.68 Å². The van der Waals surface area contributed by atoms with Gasteiger partial charge >= 0.3 is 5.97 Å². The Labute approximate surface area is 103 Å². The second-order valence-electron chi connectivity index (χ2n) is 3.58. The van der Waals surface area contributed by atoms with E-state index in [1.807, 2.05) is 0 Å². The van der Waals surface area contributed by atoms with Gasteiger partial charge in [0.25, 0.3) is 0 Å². The van der Waals surface area contributed by atoms with Crippen LogP contribution in [-0.2, 0) is 6.54 Å². The SMILES string of the molecule is Cc1nn(Cc2cccc(C(=O)O)n2)cc1Cl. The molecule has 6 heteroatoms. The standard InChI is InChI=1S/C11H10ClN3O2/c1-7-9(12)6-15(14-7)5-8-3-2-4-10(13-8)11(16)17/h2-4,6H,5H2,1H3,(H,16,17). The molecule has 0 radical (unpaired) electrons. The van der Waals surface area contributed by atoms with Crippen LogP contribution in [0.1, 0.15) is 21.9 Å². The van der Waals surface area contributed by atoms with Gasteiger partial charge in [-0.1, -0.05) is 17.7 Å². The van der Waals surface area contributed by atoms with Crippen LogP contribution in [0.15, 0.2) is 24.4 Å². The summed E-state index contributed by atoms with van der Waals surface area (Å²) < 4.78 is 1.63. The van der Waals surface area contributed by atoms with Crippen molar-refractivity contribution in [1.29, 1.82) is 0 Å². The Bertz CT molecular complexity index is 546. The summed E-state index contributed by atoms with van der Waals surface area (Å²) in [7, 11) is 0. The lowest BCUT2D eigenvalue weighted by atomic mass is 10.3. The number of hydrogen-bond acceptors (Lipinski definition) is 3. The number of aryl methyl sites for hydroxylation is 1. The molecular weight excluding hydrogens is 242 g/mol. The zero-order valence-corrected chi connectivity index (χ0v) is 9.85. The number of carbonyl (C=O) groups is 1. The first-order valence-electron chi connectivity index (χ1n) is 4.95. The normalized spacial score (nSPS) is 10.5. The number of carboxylic acid groups (broad SMARTS) is 1. The van der Waals surface area contributed by atoms with E-state index in [1.165, 1.54) is 6.07 Å². The lowest BCUT2D eigenvalue weighted by molar-refractivity contribution is 0.0690. The highest BCUT2D eigenvalue weighted by atomic mass is 35.5. The van der Waals surface area contributed by atoms with E-state index in [9.17, 15) is 4.79 Å². The van der Waals surface area contributed by atoms with Crippen LogP contribution in [-0.4, -0.2) is 25.8 Å². The maximum Gasteiger partial charge on any atom is 0.354 e. The predicted molar refractivity (Wildman–Crippen MR) is 62.3 cm³/mol. The zero-order valence-electron chi connectivity index (χ0n) is 9.09. The highest BCUT2D eigenvalue weighted by Gasteiger charge is 2.07. The Morgan fingerprint density at radius 1 is 1.53 bits per heavy atom. The van der Waals surface area contributed by atoms with Crippen LogP contribution >= 0.6 is 11.6 Å². The molecule has 2 aromatic heterocycles. The first-order chi connectivity index (χ1) is 8.06. The molecule has 0 aliphatic carbocycles. The van der Waals surface area contributed by atoms with Crippen LogP contribution < -0.4 is 0 Å². The molecule has 0 saturated carbocycles. The van der Waals surface area contributed by atoms with E-state index >= 15 is 0 Å². The van der Waals surface area contributed by atoms with Crippen molar-refractivity contribution in [3.63, 3.8) is 0 Å². The van der Waals surface area contributed by atoms with Gasteiger partial charge in [-0.05, 0) is 19.1 Å². The summed E-state index contributed by atoms with van der Waals surface area (Å²) in [5.74, 6) is -1.04. The summed E-state index contributed by atoms with van der Waals surface area (Å²) in [5, 5.41) is 13.6. The minimum absolute atomic E-state index is 0.0254. The zero-order chi connectivity index (χ0) is 12.4. The second-order valence-corrected chi connectivity index (χ2v) is 3.99. The summed E-state index contributed by atoms with van der Waals surface area (Å²) >= 11 is 5.88. The molecule has 88 valence electrons. The lowest BCUT2D eigenvalue weighted by Crippen LogP contribution is -2.06. The van der Waals surface area contributed by atoms with Gasteiger partial charge in [0.1, 0.15) is 5.69 Å². The second kappa shape index (κ2) is 4.55. The highest BCUT2D eigenvalue weighted by Crippen LogP contribution is 2.13. The van der Waals surface area contributed by atoms with Crippen molar-refractivity contribution in [2.75, 3.05) is 0 Å². The third kappa shape index (κ3) is 2.62. The third-order valence-corrected chi connectivity index (χ3v) is 2.61. The number of aromatic nitrogens is 3. The molecule has 0 saturated heterocycles. The van der Waals surface area contributed by atoms with Crippen LogP contribution in [0.25, 0.3) is 0 Å². The Kier molecular flexibility index (Phi) is 3.10. The van der Waals surface area contributed by atoms with Gasteiger partial charge in [0.05, 0.1) is 23.0 Å². The quantitative estimate of drug-likeness (QED) is 0.906. The van der Waals surface area contributed by atoms with Crippen LogP contribution in [0.5, 0.6) is 0 Å². The average molecular weight is 252 g/mol. The number of halogens is 1. The van der Waals surface area contributed by atoms with E-state index in [0.29, 0.717) is 17.3 Å². The van der Waals surface area contributed by atoms with Crippen molar-refractivity contribution in [3.8, 4) is 0 Å². The molecule has 0 aromatic carbocycles. The monoisotopic (exact) mass is 251 g/mol. The van der Waals surface area contributed by atoms with Crippen LogP contribution in [0.2, 0.25) is 5.02 Å². The molecule has 17 heavy (non-hydrogen) atoms. The summed E-state index contributed by atoms with van der Waals surface area (Å²) in [6.45, 7) is 2.20. The first kappa shape index (κ1) is 11.6. The Balaban J connectivity index is 2.24. The minimum atomic E-state index is -1.04. The highest BCUT2D eigenvalue weighted by molar-refractivity contribution is 6.31. The summed E-state index contributed by atoms with van der Waals surface area (Å²) in [6.07, 6.45) is 1.69. The molecule has 2 heterocycles. The van der Waals surface area contributed by atoms with Gasteiger partial charge in [-0.25, -0.2) is 9.78 Å². The van der Waals surface area contributed by atoms with E-state index in [-0.39, 0.29) is 5.69 Å². The smallest absolute Gasteiger partial charge is 0.354 e. The maximum absolute atomic E-state index is 10.8. The molecule has 0 spiro atoms. The molecular formula is C11H10ClN3O2. The van der Waals surface area contributed by atoms with Crippen molar-refractivity contribution >= 4 is 17.6 Å². The molecule has 0 aliphatic heterocycles. The fraction of sp³-hybridized carbons (Fsp3) is 0.182. The fourth-order valence-corrected chi connectivity index (χ4v) is 1.58. The number of carboxylic acids is 1. The molecule has 0 atom stereocenters. The molecule has 5 nitrogen and oxygen atoms in total. The van der Waals surface area contributed by atoms with E-state index in [2.05, 4.69) is 10.1 Å². The molecule has 0 amide bonds. The minimum Gasteiger partial charge on any atom is -0.477 e. The van der Waals surface area contributed by atoms with Crippen molar-refractivity contribution < 1.29 is 9.90 Å². The van der Waals surface area contributed by atoms with Crippen LogP contribution in [0.3, 0.4) is 0 Å².